The molecule has 2 N–H and O–H groups in total. The lowest BCUT2D eigenvalue weighted by atomic mass is 9.93. The van der Waals surface area contributed by atoms with Gasteiger partial charge < -0.3 is 14.5 Å². The molecule has 7 heteroatoms. The van der Waals surface area contributed by atoms with E-state index in [1.807, 2.05) is 38.1 Å². The Morgan fingerprint density at radius 2 is 1.84 bits per heavy atom. The summed E-state index contributed by atoms with van der Waals surface area (Å²) in [4.78, 5) is 25.5. The highest BCUT2D eigenvalue weighted by Gasteiger charge is 2.28. The van der Waals surface area contributed by atoms with Crippen molar-refractivity contribution < 1.29 is 18.7 Å². The quantitative estimate of drug-likeness (QED) is 0.576. The minimum atomic E-state index is -0.361. The summed E-state index contributed by atoms with van der Waals surface area (Å²) in [5, 5.41) is 7.27. The standard InChI is InChI=1S/C25H25N3O4/c1-15-8-6-9-17(14-15)26-25(30)23-16(2)22-19(11-7-13-21(22)32-23)27-28-24(29)18-10-4-5-12-20(18)31-3/h4-6,8-10,12,14H,7,11,13H2,1-3H3,(H,26,30)(H,28,29)/b27-19+. The van der Waals surface area contributed by atoms with Crippen LogP contribution in [0.2, 0.25) is 0 Å². The molecule has 164 valence electrons. The fourth-order valence-electron chi connectivity index (χ4n) is 3.92. The van der Waals surface area contributed by atoms with E-state index in [2.05, 4.69) is 15.8 Å². The average molecular weight is 431 g/mol. The van der Waals surface area contributed by atoms with Gasteiger partial charge in [0.05, 0.1) is 18.4 Å². The Balaban J connectivity index is 1.58. The molecule has 7 nitrogen and oxygen atoms in total. The number of anilines is 1. The van der Waals surface area contributed by atoms with Crippen LogP contribution < -0.4 is 15.5 Å². The Kier molecular flexibility index (Phi) is 6.07. The fraction of sp³-hybridized carbons (Fsp3) is 0.240. The lowest BCUT2D eigenvalue weighted by Crippen LogP contribution is -2.22. The number of hydrazone groups is 1. The van der Waals surface area contributed by atoms with E-state index in [9.17, 15) is 9.59 Å². The molecule has 0 unspecified atom stereocenters. The van der Waals surface area contributed by atoms with Crippen LogP contribution in [0.4, 0.5) is 5.69 Å². The van der Waals surface area contributed by atoms with Crippen LogP contribution >= 0.6 is 0 Å². The first kappa shape index (κ1) is 21.4. The number of nitrogens with zero attached hydrogens (tertiary/aromatic N) is 1. The number of amides is 2. The number of hydrogen-bond donors (Lipinski definition) is 2. The van der Waals surface area contributed by atoms with Gasteiger partial charge in [0.25, 0.3) is 11.8 Å². The minimum absolute atomic E-state index is 0.266. The summed E-state index contributed by atoms with van der Waals surface area (Å²) in [6.45, 7) is 3.81. The van der Waals surface area contributed by atoms with Gasteiger partial charge in [-0.15, -0.1) is 0 Å². The van der Waals surface area contributed by atoms with Gasteiger partial charge in [-0.25, -0.2) is 5.43 Å². The third kappa shape index (κ3) is 4.27. The normalized spacial score (nSPS) is 14.0. The van der Waals surface area contributed by atoms with Crippen molar-refractivity contribution in [2.24, 2.45) is 5.10 Å². The predicted octanol–water partition coefficient (Wildman–Crippen LogP) is 4.63. The number of carbonyl (C=O) groups excluding carboxylic acids is 2. The number of aryl methyl sites for hydroxylation is 2. The van der Waals surface area contributed by atoms with Crippen molar-refractivity contribution in [1.82, 2.24) is 5.43 Å². The average Bonchev–Trinajstić information content (AvgIpc) is 3.14. The van der Waals surface area contributed by atoms with Crippen molar-refractivity contribution >= 4 is 23.2 Å². The van der Waals surface area contributed by atoms with E-state index in [0.717, 1.165) is 23.1 Å². The van der Waals surface area contributed by atoms with Gasteiger partial charge in [-0.2, -0.15) is 5.10 Å². The number of nitrogens with one attached hydrogen (secondary N) is 2. The van der Waals surface area contributed by atoms with Gasteiger partial charge in [-0.3, -0.25) is 9.59 Å². The van der Waals surface area contributed by atoms with E-state index in [4.69, 9.17) is 9.15 Å². The SMILES string of the molecule is COc1ccccc1C(=O)N/N=C1\CCCc2oc(C(=O)Nc3cccc(C)c3)c(C)c21. The molecule has 0 aliphatic heterocycles. The second-order valence-corrected chi connectivity index (χ2v) is 7.73. The van der Waals surface area contributed by atoms with Crippen molar-refractivity contribution in [3.8, 4) is 5.75 Å². The van der Waals surface area contributed by atoms with E-state index in [1.54, 1.807) is 24.3 Å². The van der Waals surface area contributed by atoms with E-state index < -0.39 is 0 Å². The van der Waals surface area contributed by atoms with E-state index >= 15 is 0 Å². The second-order valence-electron chi connectivity index (χ2n) is 7.73. The first-order chi connectivity index (χ1) is 15.5. The van der Waals surface area contributed by atoms with Crippen LogP contribution in [-0.2, 0) is 6.42 Å². The maximum Gasteiger partial charge on any atom is 0.291 e. The number of para-hydroxylation sites is 1. The Bertz CT molecular complexity index is 1210. The maximum absolute atomic E-state index is 12.9. The molecule has 0 saturated heterocycles. The Morgan fingerprint density at radius 1 is 1.03 bits per heavy atom. The molecule has 32 heavy (non-hydrogen) atoms. The summed E-state index contributed by atoms with van der Waals surface area (Å²) in [7, 11) is 1.52. The third-order valence-electron chi connectivity index (χ3n) is 5.45. The summed E-state index contributed by atoms with van der Waals surface area (Å²) >= 11 is 0. The van der Waals surface area contributed by atoms with Gasteiger partial charge in [0.2, 0.25) is 0 Å². The number of furan rings is 1. The molecule has 2 amide bonds. The largest absolute Gasteiger partial charge is 0.496 e. The van der Waals surface area contributed by atoms with Crippen LogP contribution in [0, 0.1) is 13.8 Å². The number of hydrogen-bond acceptors (Lipinski definition) is 5. The number of benzene rings is 2. The van der Waals surface area contributed by atoms with Gasteiger partial charge in [0.15, 0.2) is 5.76 Å². The molecule has 1 aliphatic rings. The zero-order valence-corrected chi connectivity index (χ0v) is 18.3. The first-order valence-corrected chi connectivity index (χ1v) is 10.5. The van der Waals surface area contributed by atoms with Gasteiger partial charge in [-0.05, 0) is 56.5 Å². The first-order valence-electron chi connectivity index (χ1n) is 10.5. The van der Waals surface area contributed by atoms with Crippen LogP contribution in [0.3, 0.4) is 0 Å². The summed E-state index contributed by atoms with van der Waals surface area (Å²) < 4.78 is 11.2. The summed E-state index contributed by atoms with van der Waals surface area (Å²) in [6, 6.07) is 14.6. The Labute approximate surface area is 186 Å². The van der Waals surface area contributed by atoms with Crippen LogP contribution in [-0.4, -0.2) is 24.6 Å². The highest BCUT2D eigenvalue weighted by atomic mass is 16.5. The third-order valence-corrected chi connectivity index (χ3v) is 5.45. The van der Waals surface area contributed by atoms with Crippen molar-refractivity contribution in [3.63, 3.8) is 0 Å². The highest BCUT2D eigenvalue weighted by Crippen LogP contribution is 2.30. The number of fused-ring (bicyclic) bond motifs is 1. The van der Waals surface area contributed by atoms with Crippen LogP contribution in [0.25, 0.3) is 0 Å². The number of ether oxygens (including phenoxy) is 1. The molecular weight excluding hydrogens is 406 g/mol. The summed E-state index contributed by atoms with van der Waals surface area (Å²) in [5.41, 5.74) is 7.00. The molecule has 0 radical (unpaired) electrons. The molecule has 4 rings (SSSR count). The zero-order chi connectivity index (χ0) is 22.7. The van der Waals surface area contributed by atoms with Crippen molar-refractivity contribution in [2.75, 3.05) is 12.4 Å². The molecule has 3 aromatic rings. The van der Waals surface area contributed by atoms with Gasteiger partial charge in [0, 0.05) is 23.2 Å². The summed E-state index contributed by atoms with van der Waals surface area (Å²) in [5.74, 6) is 0.792. The predicted molar refractivity (Wildman–Crippen MR) is 123 cm³/mol. The summed E-state index contributed by atoms with van der Waals surface area (Å²) in [6.07, 6.45) is 2.22. The maximum atomic E-state index is 12.9. The van der Waals surface area contributed by atoms with Crippen molar-refractivity contribution in [3.05, 3.63) is 82.3 Å². The second kappa shape index (κ2) is 9.09. The van der Waals surface area contributed by atoms with Crippen LogP contribution in [0.1, 0.15) is 56.2 Å². The molecule has 1 aliphatic carbocycles. The number of carbonyl (C=O) groups is 2. The molecule has 1 heterocycles. The van der Waals surface area contributed by atoms with E-state index in [1.165, 1.54) is 7.11 Å². The molecule has 0 saturated carbocycles. The molecule has 2 aromatic carbocycles. The zero-order valence-electron chi connectivity index (χ0n) is 18.3. The lowest BCUT2D eigenvalue weighted by Gasteiger charge is -2.14. The number of rotatable bonds is 5. The smallest absolute Gasteiger partial charge is 0.291 e. The highest BCUT2D eigenvalue weighted by molar-refractivity contribution is 6.09. The monoisotopic (exact) mass is 431 g/mol. The minimum Gasteiger partial charge on any atom is -0.496 e. The molecule has 0 bridgehead atoms. The molecule has 0 atom stereocenters. The number of methoxy groups -OCH3 is 1. The van der Waals surface area contributed by atoms with Gasteiger partial charge in [0.1, 0.15) is 11.5 Å². The molecule has 0 spiro atoms. The molecule has 1 aromatic heterocycles. The topological polar surface area (TPSA) is 92.9 Å². The van der Waals surface area contributed by atoms with Crippen molar-refractivity contribution in [1.29, 1.82) is 0 Å². The Morgan fingerprint density at radius 3 is 2.62 bits per heavy atom. The van der Waals surface area contributed by atoms with Crippen LogP contribution in [0.15, 0.2) is 58.0 Å². The van der Waals surface area contributed by atoms with Crippen LogP contribution in [0.5, 0.6) is 5.75 Å². The molecular formula is C25H25N3O4. The van der Waals surface area contributed by atoms with Gasteiger partial charge >= 0.3 is 0 Å². The van der Waals surface area contributed by atoms with E-state index in [0.29, 0.717) is 41.3 Å². The lowest BCUT2D eigenvalue weighted by molar-refractivity contribution is 0.0950. The van der Waals surface area contributed by atoms with Gasteiger partial charge in [-0.1, -0.05) is 24.3 Å². The molecule has 0 fully saturated rings. The fourth-order valence-corrected chi connectivity index (χ4v) is 3.92. The Hall–Kier alpha value is -3.87. The van der Waals surface area contributed by atoms with Crippen molar-refractivity contribution in [2.45, 2.75) is 33.1 Å². The van der Waals surface area contributed by atoms with E-state index in [-0.39, 0.29) is 17.6 Å².